The molecule has 1 fully saturated rings. The summed E-state index contributed by atoms with van der Waals surface area (Å²) in [5, 5.41) is 3.38. The van der Waals surface area contributed by atoms with Crippen molar-refractivity contribution in [1.29, 1.82) is 0 Å². The van der Waals surface area contributed by atoms with Crippen molar-refractivity contribution in [3.8, 4) is 0 Å². The lowest BCUT2D eigenvalue weighted by molar-refractivity contribution is 0.168. The van der Waals surface area contributed by atoms with Gasteiger partial charge in [-0.25, -0.2) is 0 Å². The van der Waals surface area contributed by atoms with Crippen LogP contribution >= 0.6 is 0 Å². The first-order valence-electron chi connectivity index (χ1n) is 7.82. The highest BCUT2D eigenvalue weighted by Crippen LogP contribution is 2.27. The molecule has 3 nitrogen and oxygen atoms in total. The van der Waals surface area contributed by atoms with Crippen molar-refractivity contribution in [2.45, 2.75) is 52.6 Å². The van der Waals surface area contributed by atoms with Gasteiger partial charge in [0.25, 0.3) is 0 Å². The molecule has 3 heteroatoms. The van der Waals surface area contributed by atoms with Crippen molar-refractivity contribution in [3.63, 3.8) is 0 Å². The molecule has 0 amide bonds. The minimum absolute atomic E-state index is 0.850. The quantitative estimate of drug-likeness (QED) is 0.693. The molecule has 0 radical (unpaired) electrons. The molecule has 1 saturated carbocycles. The van der Waals surface area contributed by atoms with Gasteiger partial charge in [-0.15, -0.1) is 0 Å². The van der Waals surface area contributed by atoms with Gasteiger partial charge in [-0.05, 0) is 50.4 Å². The Morgan fingerprint density at radius 3 is 2.68 bits per heavy atom. The van der Waals surface area contributed by atoms with Crippen molar-refractivity contribution in [2.24, 2.45) is 5.92 Å². The lowest BCUT2D eigenvalue weighted by atomic mass is 9.85. The molecule has 0 atom stereocenters. The third kappa shape index (κ3) is 4.66. The predicted molar refractivity (Wildman–Crippen MR) is 79.0 cm³/mol. The van der Waals surface area contributed by atoms with Crippen molar-refractivity contribution >= 4 is 0 Å². The first-order valence-corrected chi connectivity index (χ1v) is 7.82. The van der Waals surface area contributed by atoms with Crippen molar-refractivity contribution in [3.05, 3.63) is 23.7 Å². The molecule has 0 unspecified atom stereocenters. The van der Waals surface area contributed by atoms with Gasteiger partial charge < -0.3 is 9.73 Å². The van der Waals surface area contributed by atoms with Crippen LogP contribution in [0.25, 0.3) is 0 Å². The summed E-state index contributed by atoms with van der Waals surface area (Å²) in [6, 6.07) is 4.24. The summed E-state index contributed by atoms with van der Waals surface area (Å²) in [7, 11) is 0. The normalized spacial score (nSPS) is 15.9. The van der Waals surface area contributed by atoms with Crippen molar-refractivity contribution in [2.75, 3.05) is 19.6 Å². The Kier molecular flexibility index (Phi) is 5.93. The van der Waals surface area contributed by atoms with Crippen molar-refractivity contribution in [1.82, 2.24) is 10.2 Å². The predicted octanol–water partition coefficient (Wildman–Crippen LogP) is 3.40. The van der Waals surface area contributed by atoms with Gasteiger partial charge in [-0.3, -0.25) is 4.90 Å². The van der Waals surface area contributed by atoms with Gasteiger partial charge in [0.15, 0.2) is 0 Å². The van der Waals surface area contributed by atoms with Gasteiger partial charge in [0.05, 0.1) is 13.1 Å². The summed E-state index contributed by atoms with van der Waals surface area (Å²) in [4.78, 5) is 2.51. The van der Waals surface area contributed by atoms with Crippen LogP contribution in [0.1, 0.15) is 51.1 Å². The second-order valence-electron chi connectivity index (χ2n) is 5.67. The Morgan fingerprint density at radius 2 is 2.05 bits per heavy atom. The van der Waals surface area contributed by atoms with Gasteiger partial charge >= 0.3 is 0 Å². The standard InChI is InChI=1S/C16H28N2O/c1-3-10-17-11-15-8-9-16(19-15)13-18(4-2)12-14-6-5-7-14/h8-9,14,17H,3-7,10-13H2,1-2H3. The number of hydrogen-bond acceptors (Lipinski definition) is 3. The van der Waals surface area contributed by atoms with E-state index in [0.717, 1.165) is 43.6 Å². The molecule has 0 bridgehead atoms. The molecule has 0 aliphatic heterocycles. The topological polar surface area (TPSA) is 28.4 Å². The SMILES string of the molecule is CCCNCc1ccc(CN(CC)CC2CCC2)o1. The number of nitrogens with one attached hydrogen (secondary N) is 1. The van der Waals surface area contributed by atoms with E-state index in [1.165, 1.54) is 32.2 Å². The summed E-state index contributed by atoms with van der Waals surface area (Å²) in [6.07, 6.45) is 5.43. The van der Waals surface area contributed by atoms with E-state index in [4.69, 9.17) is 4.42 Å². The van der Waals surface area contributed by atoms with E-state index in [2.05, 4.69) is 36.2 Å². The maximum atomic E-state index is 5.89. The Bertz CT molecular complexity index is 357. The van der Waals surface area contributed by atoms with E-state index < -0.39 is 0 Å². The maximum absolute atomic E-state index is 5.89. The van der Waals surface area contributed by atoms with Crippen LogP contribution in [-0.4, -0.2) is 24.5 Å². The number of nitrogens with zero attached hydrogens (tertiary/aromatic N) is 1. The van der Waals surface area contributed by atoms with Crippen LogP contribution in [0.5, 0.6) is 0 Å². The van der Waals surface area contributed by atoms with Gasteiger partial charge in [-0.1, -0.05) is 20.3 Å². The highest BCUT2D eigenvalue weighted by atomic mass is 16.3. The number of rotatable bonds is 9. The van der Waals surface area contributed by atoms with E-state index >= 15 is 0 Å². The Hall–Kier alpha value is -0.800. The Balaban J connectivity index is 1.76. The Labute approximate surface area is 117 Å². The first-order chi connectivity index (χ1) is 9.31. The largest absolute Gasteiger partial charge is 0.463 e. The summed E-state index contributed by atoms with van der Waals surface area (Å²) in [6.45, 7) is 9.63. The number of furan rings is 1. The first kappa shape index (κ1) is 14.6. The fraction of sp³-hybridized carbons (Fsp3) is 0.750. The zero-order chi connectivity index (χ0) is 13.5. The molecule has 0 spiro atoms. The highest BCUT2D eigenvalue weighted by molar-refractivity contribution is 5.07. The maximum Gasteiger partial charge on any atom is 0.118 e. The van der Waals surface area contributed by atoms with E-state index in [1.54, 1.807) is 0 Å². The van der Waals surface area contributed by atoms with Gasteiger partial charge in [0, 0.05) is 6.54 Å². The van der Waals surface area contributed by atoms with Crippen LogP contribution in [0.2, 0.25) is 0 Å². The molecular weight excluding hydrogens is 236 g/mol. The minimum atomic E-state index is 0.850. The lowest BCUT2D eigenvalue weighted by Crippen LogP contribution is -2.31. The van der Waals surface area contributed by atoms with Gasteiger partial charge in [-0.2, -0.15) is 0 Å². The van der Waals surface area contributed by atoms with E-state index in [1.807, 2.05) is 0 Å². The molecule has 19 heavy (non-hydrogen) atoms. The Morgan fingerprint density at radius 1 is 1.26 bits per heavy atom. The molecule has 1 aromatic rings. The number of hydrogen-bond donors (Lipinski definition) is 1. The zero-order valence-corrected chi connectivity index (χ0v) is 12.5. The van der Waals surface area contributed by atoms with E-state index in [-0.39, 0.29) is 0 Å². The molecule has 1 aliphatic rings. The minimum Gasteiger partial charge on any atom is -0.463 e. The molecule has 1 heterocycles. The van der Waals surface area contributed by atoms with E-state index in [9.17, 15) is 0 Å². The van der Waals surface area contributed by atoms with Crippen LogP contribution < -0.4 is 5.32 Å². The summed E-state index contributed by atoms with van der Waals surface area (Å²) >= 11 is 0. The van der Waals surface area contributed by atoms with Gasteiger partial charge in [0.1, 0.15) is 11.5 Å². The smallest absolute Gasteiger partial charge is 0.118 e. The second kappa shape index (κ2) is 7.71. The average Bonchev–Trinajstić information content (AvgIpc) is 2.80. The lowest BCUT2D eigenvalue weighted by Gasteiger charge is -2.31. The fourth-order valence-electron chi connectivity index (χ4n) is 2.56. The molecular formula is C16H28N2O. The van der Waals surface area contributed by atoms with Crippen LogP contribution in [0.3, 0.4) is 0 Å². The third-order valence-electron chi connectivity index (χ3n) is 4.01. The molecule has 0 saturated heterocycles. The third-order valence-corrected chi connectivity index (χ3v) is 4.01. The summed E-state index contributed by atoms with van der Waals surface area (Å²) in [5.41, 5.74) is 0. The molecule has 2 rings (SSSR count). The molecule has 108 valence electrons. The summed E-state index contributed by atoms with van der Waals surface area (Å²) < 4.78 is 5.89. The zero-order valence-electron chi connectivity index (χ0n) is 12.5. The van der Waals surface area contributed by atoms with Gasteiger partial charge in [0.2, 0.25) is 0 Å². The van der Waals surface area contributed by atoms with Crippen LogP contribution in [-0.2, 0) is 13.1 Å². The fourth-order valence-corrected chi connectivity index (χ4v) is 2.56. The monoisotopic (exact) mass is 264 g/mol. The van der Waals surface area contributed by atoms with Crippen molar-refractivity contribution < 1.29 is 4.42 Å². The van der Waals surface area contributed by atoms with Crippen LogP contribution in [0, 0.1) is 5.92 Å². The molecule has 0 aromatic carbocycles. The molecule has 1 N–H and O–H groups in total. The van der Waals surface area contributed by atoms with Crippen LogP contribution in [0.15, 0.2) is 16.5 Å². The molecule has 1 aromatic heterocycles. The second-order valence-corrected chi connectivity index (χ2v) is 5.67. The molecule has 1 aliphatic carbocycles. The van der Waals surface area contributed by atoms with E-state index in [0.29, 0.717) is 0 Å². The summed E-state index contributed by atoms with van der Waals surface area (Å²) in [5.74, 6) is 3.10. The highest BCUT2D eigenvalue weighted by Gasteiger charge is 2.20. The van der Waals surface area contributed by atoms with Crippen LogP contribution in [0.4, 0.5) is 0 Å². The average molecular weight is 264 g/mol.